The van der Waals surface area contributed by atoms with Crippen molar-refractivity contribution in [2.45, 2.75) is 17.2 Å². The van der Waals surface area contributed by atoms with Crippen LogP contribution in [0.15, 0.2) is 66.7 Å². The lowest BCUT2D eigenvalue weighted by Gasteiger charge is -2.28. The van der Waals surface area contributed by atoms with Crippen LogP contribution in [0.4, 0.5) is 11.4 Å². The highest BCUT2D eigenvalue weighted by molar-refractivity contribution is 6.32. The number of fused-ring (bicyclic) bond motifs is 6. The third-order valence-corrected chi connectivity index (χ3v) is 9.07. The summed E-state index contributed by atoms with van der Waals surface area (Å²) in [6.45, 7) is -0.460. The van der Waals surface area contributed by atoms with E-state index in [9.17, 15) is 19.2 Å². The largest absolute Gasteiger partial charge is 0.452 e. The molecule has 2 bridgehead atoms. The van der Waals surface area contributed by atoms with Crippen molar-refractivity contribution in [1.29, 1.82) is 0 Å². The maximum atomic E-state index is 13.1. The molecule has 9 heteroatoms. The molecule has 188 valence electrons. The third kappa shape index (κ3) is 3.88. The van der Waals surface area contributed by atoms with E-state index in [1.807, 2.05) is 36.4 Å². The van der Waals surface area contributed by atoms with Crippen LogP contribution in [0.3, 0.4) is 0 Å². The van der Waals surface area contributed by atoms with Crippen molar-refractivity contribution >= 4 is 69.0 Å². The Labute approximate surface area is 222 Å². The first-order chi connectivity index (χ1) is 17.8. The fourth-order valence-corrected chi connectivity index (χ4v) is 6.98. The highest BCUT2D eigenvalue weighted by Crippen LogP contribution is 2.59. The second kappa shape index (κ2) is 9.15. The van der Waals surface area contributed by atoms with Gasteiger partial charge in [-0.3, -0.25) is 19.3 Å². The van der Waals surface area contributed by atoms with E-state index in [-0.39, 0.29) is 40.0 Å². The molecule has 0 spiro atoms. The van der Waals surface area contributed by atoms with Crippen LogP contribution in [0.25, 0.3) is 10.8 Å². The SMILES string of the molecule is O=C(COC(=O)c1ccc(N2C(=O)[C@@H]3[C@H]4C[C@@H]([C@H](Cl)[C@H]4Cl)[C@@H]3C2=O)cc1)Nc1cccc2ccccc12. The van der Waals surface area contributed by atoms with Crippen molar-refractivity contribution in [1.82, 2.24) is 0 Å². The number of benzene rings is 3. The molecule has 6 rings (SSSR count). The van der Waals surface area contributed by atoms with Gasteiger partial charge < -0.3 is 10.1 Å². The number of hydrogen-bond donors (Lipinski definition) is 1. The van der Waals surface area contributed by atoms with E-state index in [2.05, 4.69) is 5.32 Å². The van der Waals surface area contributed by atoms with Crippen LogP contribution in [-0.4, -0.2) is 41.1 Å². The van der Waals surface area contributed by atoms with E-state index in [1.54, 1.807) is 6.07 Å². The van der Waals surface area contributed by atoms with Crippen molar-refractivity contribution in [3.63, 3.8) is 0 Å². The molecular formula is C28H22Cl2N2O5. The molecule has 3 fully saturated rings. The number of alkyl halides is 2. The number of carbonyl (C=O) groups excluding carboxylic acids is 4. The standard InChI is InChI=1S/C28H22Cl2N2O5/c29-24-18-12-19(25(24)30)23-22(18)26(34)32(27(23)35)16-10-8-15(9-11-16)28(36)37-13-21(33)31-20-7-3-5-14-4-1-2-6-17(14)20/h1-11,18-19,22-25H,12-13H2,(H,31,33)/t18-,19-,22-,23+,24+,25+/m1/s1. The first kappa shape index (κ1) is 23.9. The summed E-state index contributed by atoms with van der Waals surface area (Å²) in [7, 11) is 0. The number of imide groups is 1. The van der Waals surface area contributed by atoms with Gasteiger partial charge in [-0.1, -0.05) is 36.4 Å². The van der Waals surface area contributed by atoms with Crippen LogP contribution in [0.5, 0.6) is 0 Å². The molecule has 1 aliphatic heterocycles. The van der Waals surface area contributed by atoms with Crippen molar-refractivity contribution in [2.24, 2.45) is 23.7 Å². The van der Waals surface area contributed by atoms with Gasteiger partial charge in [0.25, 0.3) is 5.91 Å². The minimum absolute atomic E-state index is 0.102. The molecule has 3 amide bonds. The first-order valence-electron chi connectivity index (χ1n) is 12.1. The zero-order valence-electron chi connectivity index (χ0n) is 19.5. The van der Waals surface area contributed by atoms with E-state index in [0.29, 0.717) is 17.8 Å². The molecule has 37 heavy (non-hydrogen) atoms. The minimum atomic E-state index is -0.691. The quantitative estimate of drug-likeness (QED) is 0.292. The van der Waals surface area contributed by atoms with Gasteiger partial charge in [0.2, 0.25) is 11.8 Å². The summed E-state index contributed by atoms with van der Waals surface area (Å²) in [6.07, 6.45) is 0.696. The Morgan fingerprint density at radius 3 is 2.16 bits per heavy atom. The Morgan fingerprint density at radius 2 is 1.49 bits per heavy atom. The molecule has 1 N–H and O–H groups in total. The van der Waals surface area contributed by atoms with E-state index in [1.165, 1.54) is 29.2 Å². The maximum absolute atomic E-state index is 13.1. The monoisotopic (exact) mass is 536 g/mol. The van der Waals surface area contributed by atoms with Crippen LogP contribution in [0.1, 0.15) is 16.8 Å². The lowest BCUT2D eigenvalue weighted by Crippen LogP contribution is -2.37. The Morgan fingerprint density at radius 1 is 0.865 bits per heavy atom. The summed E-state index contributed by atoms with van der Waals surface area (Å²) in [4.78, 5) is 52.4. The molecule has 1 saturated heterocycles. The molecule has 1 heterocycles. The van der Waals surface area contributed by atoms with Crippen LogP contribution in [0.2, 0.25) is 0 Å². The Kier molecular flexibility index (Phi) is 5.92. The predicted molar refractivity (Wildman–Crippen MR) is 140 cm³/mol. The molecule has 0 aromatic heterocycles. The molecule has 0 radical (unpaired) electrons. The lowest BCUT2D eigenvalue weighted by atomic mass is 9.80. The molecular weight excluding hydrogens is 515 g/mol. The Balaban J connectivity index is 1.10. The number of esters is 1. The van der Waals surface area contributed by atoms with Crippen molar-refractivity contribution < 1.29 is 23.9 Å². The van der Waals surface area contributed by atoms with Gasteiger partial charge in [0.15, 0.2) is 6.61 Å². The summed E-state index contributed by atoms with van der Waals surface area (Å²) < 4.78 is 5.17. The molecule has 3 aromatic rings. The van der Waals surface area contributed by atoms with Gasteiger partial charge in [0.05, 0.1) is 33.8 Å². The molecule has 7 nitrogen and oxygen atoms in total. The Hall–Kier alpha value is -3.42. The van der Waals surface area contributed by atoms with Crippen molar-refractivity contribution in [2.75, 3.05) is 16.8 Å². The Bertz CT molecular complexity index is 1400. The second-order valence-electron chi connectivity index (χ2n) is 9.71. The van der Waals surface area contributed by atoms with Crippen LogP contribution in [0, 0.1) is 23.7 Å². The van der Waals surface area contributed by atoms with Crippen LogP contribution < -0.4 is 10.2 Å². The molecule has 2 aliphatic carbocycles. The topological polar surface area (TPSA) is 92.8 Å². The molecule has 3 aliphatic rings. The maximum Gasteiger partial charge on any atom is 0.338 e. The number of halogens is 2. The molecule has 0 unspecified atom stereocenters. The number of carbonyl (C=O) groups is 4. The lowest BCUT2D eigenvalue weighted by molar-refractivity contribution is -0.123. The number of anilines is 2. The summed E-state index contributed by atoms with van der Waals surface area (Å²) in [6, 6.07) is 19.2. The van der Waals surface area contributed by atoms with Gasteiger partial charge in [-0.15, -0.1) is 23.2 Å². The fourth-order valence-electron chi connectivity index (χ4n) is 6.08. The van der Waals surface area contributed by atoms with E-state index in [4.69, 9.17) is 27.9 Å². The van der Waals surface area contributed by atoms with E-state index < -0.39 is 30.3 Å². The average Bonchev–Trinajstić information content (AvgIpc) is 3.52. The average molecular weight is 537 g/mol. The van der Waals surface area contributed by atoms with Gasteiger partial charge in [-0.25, -0.2) is 4.79 Å². The number of hydrogen-bond acceptors (Lipinski definition) is 5. The van der Waals surface area contributed by atoms with Gasteiger partial charge in [0.1, 0.15) is 0 Å². The number of amides is 3. The van der Waals surface area contributed by atoms with Gasteiger partial charge in [-0.2, -0.15) is 0 Å². The van der Waals surface area contributed by atoms with E-state index >= 15 is 0 Å². The normalized spacial score (nSPS) is 28.0. The zero-order valence-corrected chi connectivity index (χ0v) is 21.0. The fraction of sp³-hybridized carbons (Fsp3) is 0.286. The first-order valence-corrected chi connectivity index (χ1v) is 12.9. The zero-order chi connectivity index (χ0) is 25.8. The number of ether oxygens (including phenoxy) is 1. The molecule has 3 aromatic carbocycles. The summed E-state index contributed by atoms with van der Waals surface area (Å²) >= 11 is 12.8. The van der Waals surface area contributed by atoms with Crippen LogP contribution >= 0.6 is 23.2 Å². The van der Waals surface area contributed by atoms with Gasteiger partial charge in [-0.05, 0) is 54.0 Å². The van der Waals surface area contributed by atoms with Crippen molar-refractivity contribution in [3.8, 4) is 0 Å². The highest BCUT2D eigenvalue weighted by atomic mass is 35.5. The van der Waals surface area contributed by atoms with Crippen molar-refractivity contribution in [3.05, 3.63) is 72.3 Å². The smallest absolute Gasteiger partial charge is 0.338 e. The summed E-state index contributed by atoms with van der Waals surface area (Å²) in [5.74, 6) is -2.78. The molecule has 6 atom stereocenters. The predicted octanol–water partition coefficient (Wildman–Crippen LogP) is 4.61. The number of rotatable bonds is 5. The summed E-state index contributed by atoms with van der Waals surface area (Å²) in [5.41, 5.74) is 1.21. The second-order valence-corrected chi connectivity index (χ2v) is 10.7. The third-order valence-electron chi connectivity index (χ3n) is 7.75. The number of nitrogens with one attached hydrogen (secondary N) is 1. The van der Waals surface area contributed by atoms with E-state index in [0.717, 1.165) is 10.8 Å². The van der Waals surface area contributed by atoms with Gasteiger partial charge in [0, 0.05) is 11.1 Å². The number of nitrogens with zero attached hydrogens (tertiary/aromatic N) is 1. The van der Waals surface area contributed by atoms with Gasteiger partial charge >= 0.3 is 5.97 Å². The highest BCUT2D eigenvalue weighted by Gasteiger charge is 2.66. The van der Waals surface area contributed by atoms with Crippen LogP contribution in [-0.2, 0) is 19.1 Å². The minimum Gasteiger partial charge on any atom is -0.452 e. The summed E-state index contributed by atoms with van der Waals surface area (Å²) in [5, 5.41) is 3.99. The molecule has 2 saturated carbocycles.